The van der Waals surface area contributed by atoms with E-state index in [-0.39, 0.29) is 6.04 Å². The Morgan fingerprint density at radius 1 is 0.617 bits per heavy atom. The molecule has 3 aliphatic rings. The standard InChI is InChI=1S/C56H41N3O/c1-4-14-36(15-5-1)39-26-28-40(29-27-39)54-43-20-10-11-23-48(43)57-56(58-54)45-22-13-25-52-53(45)44-21-12-24-51(55(44)60-52)59-49-32-30-41(37-16-6-2-7-17-37)34-46(49)47-35-42(31-33-50(47)59)38-18-8-3-9-19-38/h1-25,28,30-35,39,48H,26-27,29H2,(H,57,58). The highest BCUT2D eigenvalue weighted by molar-refractivity contribution is 6.20. The van der Waals surface area contributed by atoms with E-state index < -0.39 is 0 Å². The van der Waals surface area contributed by atoms with Crippen molar-refractivity contribution in [3.8, 4) is 27.9 Å². The largest absolute Gasteiger partial charge is 0.454 e. The Labute approximate surface area is 348 Å². The number of rotatable bonds is 6. The maximum absolute atomic E-state index is 6.97. The van der Waals surface area contributed by atoms with Gasteiger partial charge in [0.25, 0.3) is 0 Å². The van der Waals surface area contributed by atoms with E-state index in [0.29, 0.717) is 5.92 Å². The van der Waals surface area contributed by atoms with Gasteiger partial charge in [-0.15, -0.1) is 0 Å². The van der Waals surface area contributed by atoms with Crippen molar-refractivity contribution in [3.63, 3.8) is 0 Å². The predicted octanol–water partition coefficient (Wildman–Crippen LogP) is 14.0. The van der Waals surface area contributed by atoms with Crippen molar-refractivity contribution < 1.29 is 4.42 Å². The lowest BCUT2D eigenvalue weighted by atomic mass is 9.82. The van der Waals surface area contributed by atoms with E-state index in [1.165, 1.54) is 49.7 Å². The van der Waals surface area contributed by atoms with Crippen LogP contribution < -0.4 is 5.32 Å². The molecule has 12 rings (SSSR count). The minimum Gasteiger partial charge on any atom is -0.454 e. The first-order valence-electron chi connectivity index (χ1n) is 21.1. The average molecular weight is 772 g/mol. The zero-order chi connectivity index (χ0) is 39.6. The van der Waals surface area contributed by atoms with Gasteiger partial charge >= 0.3 is 0 Å². The molecule has 2 aromatic heterocycles. The van der Waals surface area contributed by atoms with Gasteiger partial charge in [-0.2, -0.15) is 0 Å². The summed E-state index contributed by atoms with van der Waals surface area (Å²) in [5.41, 5.74) is 15.9. The van der Waals surface area contributed by atoms with Gasteiger partial charge in [0, 0.05) is 32.7 Å². The second-order valence-electron chi connectivity index (χ2n) is 16.2. The Balaban J connectivity index is 1.02. The number of nitrogens with zero attached hydrogens (tertiary/aromatic N) is 2. The van der Waals surface area contributed by atoms with Crippen LogP contribution in [-0.4, -0.2) is 16.4 Å². The van der Waals surface area contributed by atoms with E-state index in [9.17, 15) is 0 Å². The van der Waals surface area contributed by atoms with E-state index in [2.05, 4.69) is 204 Å². The summed E-state index contributed by atoms with van der Waals surface area (Å²) in [4.78, 5) is 5.50. The third kappa shape index (κ3) is 5.71. The molecule has 60 heavy (non-hydrogen) atoms. The number of benzene rings is 7. The molecule has 4 heteroatoms. The van der Waals surface area contributed by atoms with Crippen LogP contribution in [0.15, 0.2) is 220 Å². The number of aromatic nitrogens is 1. The first-order chi connectivity index (χ1) is 29.7. The molecular weight excluding hydrogens is 731 g/mol. The summed E-state index contributed by atoms with van der Waals surface area (Å²) in [5.74, 6) is 1.41. The van der Waals surface area contributed by atoms with Gasteiger partial charge in [0.2, 0.25) is 0 Å². The fraction of sp³-hybridized carbons (Fsp3) is 0.0893. The van der Waals surface area contributed by atoms with Gasteiger partial charge < -0.3 is 14.3 Å². The fourth-order valence-corrected chi connectivity index (χ4v) is 9.83. The molecule has 9 aromatic rings. The number of amidine groups is 1. The van der Waals surface area contributed by atoms with Gasteiger partial charge in [0.1, 0.15) is 11.4 Å². The molecule has 2 atom stereocenters. The summed E-state index contributed by atoms with van der Waals surface area (Å²) < 4.78 is 9.36. The fourth-order valence-electron chi connectivity index (χ4n) is 9.83. The Morgan fingerprint density at radius 3 is 1.98 bits per heavy atom. The Hall–Kier alpha value is -7.43. The molecule has 0 spiro atoms. The van der Waals surface area contributed by atoms with Gasteiger partial charge in [-0.05, 0) is 95.0 Å². The molecule has 7 aromatic carbocycles. The first kappa shape index (κ1) is 34.6. The van der Waals surface area contributed by atoms with Crippen LogP contribution in [0.2, 0.25) is 0 Å². The number of fused-ring (bicyclic) bond motifs is 7. The summed E-state index contributed by atoms with van der Waals surface area (Å²) in [6, 6.07) is 58.9. The molecule has 2 aliphatic carbocycles. The molecule has 286 valence electrons. The zero-order valence-corrected chi connectivity index (χ0v) is 33.1. The maximum Gasteiger partial charge on any atom is 0.159 e. The highest BCUT2D eigenvalue weighted by Gasteiger charge is 2.29. The van der Waals surface area contributed by atoms with Crippen LogP contribution in [0, 0.1) is 0 Å². The van der Waals surface area contributed by atoms with Crippen molar-refractivity contribution >= 4 is 49.6 Å². The minimum atomic E-state index is 0.0355. The molecule has 0 amide bonds. The van der Waals surface area contributed by atoms with Crippen LogP contribution in [0.4, 0.5) is 0 Å². The summed E-state index contributed by atoms with van der Waals surface area (Å²) in [7, 11) is 0. The molecule has 0 fully saturated rings. The Morgan fingerprint density at radius 2 is 1.30 bits per heavy atom. The van der Waals surface area contributed by atoms with Gasteiger partial charge in [0.15, 0.2) is 5.58 Å². The molecule has 0 saturated heterocycles. The number of allylic oxidation sites excluding steroid dienone is 4. The molecule has 2 unspecified atom stereocenters. The summed E-state index contributed by atoms with van der Waals surface area (Å²) in [5, 5.41) is 8.37. The third-order valence-electron chi connectivity index (χ3n) is 12.8. The van der Waals surface area contributed by atoms with Gasteiger partial charge in [-0.1, -0.05) is 158 Å². The second-order valence-corrected chi connectivity index (χ2v) is 16.2. The summed E-state index contributed by atoms with van der Waals surface area (Å²) in [6.07, 6.45) is 14.3. The summed E-state index contributed by atoms with van der Waals surface area (Å²) >= 11 is 0. The first-order valence-corrected chi connectivity index (χ1v) is 21.1. The SMILES string of the molecule is C1=CC2=C(C3=CCC(c4ccccc4)CC3)N=C(c3cccc4oc5c(-n6c7ccc(-c8ccccc8)cc7c7cc(-c8ccccc8)ccc76)cccc5c34)NC2C=C1. The van der Waals surface area contributed by atoms with Crippen LogP contribution in [0.5, 0.6) is 0 Å². The lowest BCUT2D eigenvalue weighted by Gasteiger charge is -2.31. The van der Waals surface area contributed by atoms with E-state index >= 15 is 0 Å². The maximum atomic E-state index is 6.97. The van der Waals surface area contributed by atoms with Crippen molar-refractivity contribution in [2.24, 2.45) is 4.99 Å². The van der Waals surface area contributed by atoms with Crippen molar-refractivity contribution in [2.45, 2.75) is 31.2 Å². The highest BCUT2D eigenvalue weighted by Crippen LogP contribution is 2.43. The number of hydrogen-bond acceptors (Lipinski definition) is 3. The normalized spacial score (nSPS) is 17.6. The van der Waals surface area contributed by atoms with Gasteiger partial charge in [0.05, 0.1) is 28.5 Å². The van der Waals surface area contributed by atoms with Crippen LogP contribution in [-0.2, 0) is 0 Å². The average Bonchev–Trinajstić information content (AvgIpc) is 3.87. The number of para-hydroxylation sites is 1. The smallest absolute Gasteiger partial charge is 0.159 e. The van der Waals surface area contributed by atoms with E-state index in [4.69, 9.17) is 9.41 Å². The van der Waals surface area contributed by atoms with Crippen molar-refractivity contribution in [1.82, 2.24) is 9.88 Å². The Bertz CT molecular complexity index is 3210. The molecule has 0 radical (unpaired) electrons. The van der Waals surface area contributed by atoms with E-state index in [1.807, 2.05) is 0 Å². The van der Waals surface area contributed by atoms with Crippen molar-refractivity contribution in [3.05, 3.63) is 222 Å². The highest BCUT2D eigenvalue weighted by atomic mass is 16.3. The van der Waals surface area contributed by atoms with Gasteiger partial charge in [-0.3, -0.25) is 0 Å². The van der Waals surface area contributed by atoms with E-state index in [1.54, 1.807) is 0 Å². The van der Waals surface area contributed by atoms with Crippen molar-refractivity contribution in [1.29, 1.82) is 0 Å². The molecule has 3 heterocycles. The number of nitrogens with one attached hydrogen (secondary N) is 1. The molecule has 0 saturated carbocycles. The minimum absolute atomic E-state index is 0.0355. The second kappa shape index (κ2) is 14.1. The lowest BCUT2D eigenvalue weighted by Crippen LogP contribution is -2.39. The number of hydrogen-bond donors (Lipinski definition) is 1. The van der Waals surface area contributed by atoms with Crippen molar-refractivity contribution in [2.75, 3.05) is 0 Å². The molecular formula is C56H41N3O. The topological polar surface area (TPSA) is 42.5 Å². The molecule has 4 nitrogen and oxygen atoms in total. The lowest BCUT2D eigenvalue weighted by molar-refractivity contribution is 0.599. The number of aliphatic imine (C=N–C) groups is 1. The zero-order valence-electron chi connectivity index (χ0n) is 33.1. The Kier molecular flexibility index (Phi) is 8.15. The molecule has 1 aliphatic heterocycles. The predicted molar refractivity (Wildman–Crippen MR) is 249 cm³/mol. The van der Waals surface area contributed by atoms with E-state index in [0.717, 1.165) is 75.0 Å². The molecule has 1 N–H and O–H groups in total. The van der Waals surface area contributed by atoms with Gasteiger partial charge in [-0.25, -0.2) is 4.99 Å². The number of furan rings is 1. The monoisotopic (exact) mass is 771 g/mol. The summed E-state index contributed by atoms with van der Waals surface area (Å²) in [6.45, 7) is 0. The van der Waals surface area contributed by atoms with Crippen LogP contribution >= 0.6 is 0 Å². The van der Waals surface area contributed by atoms with Crippen LogP contribution in [0.25, 0.3) is 71.7 Å². The third-order valence-corrected chi connectivity index (χ3v) is 12.8. The quantitative estimate of drug-likeness (QED) is 0.183. The van der Waals surface area contributed by atoms with Crippen LogP contribution in [0.1, 0.15) is 36.3 Å². The molecule has 0 bridgehead atoms. The van der Waals surface area contributed by atoms with Crippen LogP contribution in [0.3, 0.4) is 0 Å².